The number of pyridine rings is 1. The van der Waals surface area contributed by atoms with Crippen LogP contribution in [0.15, 0.2) is 182 Å². The van der Waals surface area contributed by atoms with Crippen LogP contribution in [0.4, 0.5) is 0 Å². The Morgan fingerprint density at radius 3 is 1.75 bits per heavy atom. The van der Waals surface area contributed by atoms with Crippen molar-refractivity contribution >= 4 is 43.2 Å². The zero-order valence-electron chi connectivity index (χ0n) is 28.1. The van der Waals surface area contributed by atoms with Crippen LogP contribution in [0.3, 0.4) is 0 Å². The predicted molar refractivity (Wildman–Crippen MR) is 215 cm³/mol. The van der Waals surface area contributed by atoms with Gasteiger partial charge in [0.1, 0.15) is 0 Å². The Morgan fingerprint density at radius 1 is 0.308 bits per heavy atom. The summed E-state index contributed by atoms with van der Waals surface area (Å²) in [5.74, 6) is 1.90. The van der Waals surface area contributed by atoms with Crippen molar-refractivity contribution < 1.29 is 0 Å². The van der Waals surface area contributed by atoms with E-state index in [0.29, 0.717) is 17.5 Å². The first kappa shape index (κ1) is 29.8. The van der Waals surface area contributed by atoms with Gasteiger partial charge in [0.15, 0.2) is 17.5 Å². The Morgan fingerprint density at radius 2 is 0.904 bits per heavy atom. The molecule has 0 saturated carbocycles. The van der Waals surface area contributed by atoms with E-state index in [-0.39, 0.29) is 0 Å². The molecule has 4 heteroatoms. The van der Waals surface area contributed by atoms with Gasteiger partial charge in [-0.25, -0.2) is 15.0 Å². The van der Waals surface area contributed by atoms with E-state index in [0.717, 1.165) is 49.7 Å². The van der Waals surface area contributed by atoms with Gasteiger partial charge in [-0.3, -0.25) is 4.98 Å². The first-order valence-corrected chi connectivity index (χ1v) is 17.5. The van der Waals surface area contributed by atoms with E-state index < -0.39 is 0 Å². The smallest absolute Gasteiger partial charge is 0.164 e. The molecule has 0 aliphatic heterocycles. The van der Waals surface area contributed by atoms with E-state index >= 15 is 0 Å². The van der Waals surface area contributed by atoms with Crippen LogP contribution in [0, 0.1) is 0 Å². The number of hydrogen-bond donors (Lipinski definition) is 0. The lowest BCUT2D eigenvalue weighted by Gasteiger charge is -2.13. The van der Waals surface area contributed by atoms with Crippen LogP contribution in [0.25, 0.3) is 99.6 Å². The molecule has 0 bridgehead atoms. The Labute approximate surface area is 300 Å². The van der Waals surface area contributed by atoms with E-state index in [9.17, 15) is 0 Å². The molecule has 52 heavy (non-hydrogen) atoms. The first-order chi connectivity index (χ1) is 25.7. The van der Waals surface area contributed by atoms with Crippen LogP contribution in [0.2, 0.25) is 0 Å². The van der Waals surface area contributed by atoms with E-state index in [2.05, 4.69) is 169 Å². The van der Waals surface area contributed by atoms with Gasteiger partial charge in [0, 0.05) is 28.3 Å². The fourth-order valence-electron chi connectivity index (χ4n) is 7.36. The molecular formula is C48H30N4. The fraction of sp³-hybridized carbons (Fsp3) is 0. The lowest BCUT2D eigenvalue weighted by molar-refractivity contribution is 1.07. The van der Waals surface area contributed by atoms with Gasteiger partial charge in [-0.1, -0.05) is 152 Å². The highest BCUT2D eigenvalue weighted by Gasteiger charge is 2.16. The zero-order chi connectivity index (χ0) is 34.4. The van der Waals surface area contributed by atoms with Crippen molar-refractivity contribution in [1.82, 2.24) is 19.9 Å². The third-order valence-electron chi connectivity index (χ3n) is 9.95. The molecule has 0 aliphatic rings. The second kappa shape index (κ2) is 12.4. The molecule has 8 aromatic carbocycles. The third kappa shape index (κ3) is 5.26. The number of nitrogens with zero attached hydrogens (tertiary/aromatic N) is 4. The molecule has 10 rings (SSSR count). The van der Waals surface area contributed by atoms with Gasteiger partial charge in [0.2, 0.25) is 0 Å². The number of aromatic nitrogens is 4. The second-order valence-corrected chi connectivity index (χ2v) is 13.1. The Kier molecular flexibility index (Phi) is 7.10. The summed E-state index contributed by atoms with van der Waals surface area (Å²) in [7, 11) is 0. The van der Waals surface area contributed by atoms with Crippen molar-refractivity contribution in [2.24, 2.45) is 0 Å². The van der Waals surface area contributed by atoms with Gasteiger partial charge in [0.25, 0.3) is 0 Å². The highest BCUT2D eigenvalue weighted by atomic mass is 15.0. The van der Waals surface area contributed by atoms with Gasteiger partial charge in [0.05, 0.1) is 5.52 Å². The lowest BCUT2D eigenvalue weighted by atomic mass is 9.92. The molecule has 10 aromatic rings. The molecular weight excluding hydrogens is 633 g/mol. The lowest BCUT2D eigenvalue weighted by Crippen LogP contribution is -2.00. The summed E-state index contributed by atoms with van der Waals surface area (Å²) in [6.45, 7) is 0. The van der Waals surface area contributed by atoms with Crippen molar-refractivity contribution in [1.29, 1.82) is 0 Å². The summed E-state index contributed by atoms with van der Waals surface area (Å²) < 4.78 is 0. The van der Waals surface area contributed by atoms with Gasteiger partial charge < -0.3 is 0 Å². The zero-order valence-corrected chi connectivity index (χ0v) is 28.1. The summed E-state index contributed by atoms with van der Waals surface area (Å²) >= 11 is 0. The molecule has 0 fully saturated rings. The Bertz CT molecular complexity index is 2950. The quantitative estimate of drug-likeness (QED) is 0.172. The number of hydrogen-bond acceptors (Lipinski definition) is 4. The standard InChI is InChI=1S/C48H30N4/c1-2-9-31(10-3-1)33-18-21-35(22-19-33)46-50-47(52-48(51-46)39-23-20-32-11-4-5-12-36(32)29-39)38-15-6-14-37(30-38)40-16-7-13-34-24-25-41-42-17-8-28-49-44(42)27-26-43(41)45(34)40/h1-30H. The minimum atomic E-state index is 0.629. The number of fused-ring (bicyclic) bond motifs is 6. The maximum atomic E-state index is 5.12. The average Bonchev–Trinajstić information content (AvgIpc) is 3.23. The predicted octanol–water partition coefficient (Wildman–Crippen LogP) is 12.2. The van der Waals surface area contributed by atoms with Gasteiger partial charge in [-0.2, -0.15) is 0 Å². The fourth-order valence-corrected chi connectivity index (χ4v) is 7.36. The topological polar surface area (TPSA) is 51.6 Å². The van der Waals surface area contributed by atoms with Crippen LogP contribution in [0.1, 0.15) is 0 Å². The molecule has 0 atom stereocenters. The molecule has 242 valence electrons. The van der Waals surface area contributed by atoms with Crippen molar-refractivity contribution in [2.75, 3.05) is 0 Å². The summed E-state index contributed by atoms with van der Waals surface area (Å²) in [6, 6.07) is 61.7. The monoisotopic (exact) mass is 662 g/mol. The van der Waals surface area contributed by atoms with E-state index in [1.54, 1.807) is 0 Å². The minimum Gasteiger partial charge on any atom is -0.256 e. The van der Waals surface area contributed by atoms with Crippen molar-refractivity contribution in [3.05, 3.63) is 182 Å². The molecule has 0 aliphatic carbocycles. The van der Waals surface area contributed by atoms with Crippen LogP contribution in [-0.2, 0) is 0 Å². The minimum absolute atomic E-state index is 0.629. The summed E-state index contributed by atoms with van der Waals surface area (Å²) in [4.78, 5) is 19.9. The highest BCUT2D eigenvalue weighted by molar-refractivity contribution is 6.20. The van der Waals surface area contributed by atoms with E-state index in [1.807, 2.05) is 18.3 Å². The maximum Gasteiger partial charge on any atom is 0.164 e. The molecule has 0 amide bonds. The molecule has 0 N–H and O–H groups in total. The Balaban J connectivity index is 1.13. The highest BCUT2D eigenvalue weighted by Crippen LogP contribution is 2.38. The molecule has 0 saturated heterocycles. The molecule has 0 spiro atoms. The van der Waals surface area contributed by atoms with Crippen molar-refractivity contribution in [3.8, 4) is 56.4 Å². The van der Waals surface area contributed by atoms with Crippen LogP contribution < -0.4 is 0 Å². The van der Waals surface area contributed by atoms with Crippen molar-refractivity contribution in [2.45, 2.75) is 0 Å². The van der Waals surface area contributed by atoms with Gasteiger partial charge in [-0.05, 0) is 78.8 Å². The largest absolute Gasteiger partial charge is 0.256 e. The van der Waals surface area contributed by atoms with Crippen LogP contribution in [0.5, 0.6) is 0 Å². The van der Waals surface area contributed by atoms with E-state index in [1.165, 1.54) is 32.5 Å². The van der Waals surface area contributed by atoms with Gasteiger partial charge in [-0.15, -0.1) is 0 Å². The van der Waals surface area contributed by atoms with Crippen LogP contribution in [-0.4, -0.2) is 19.9 Å². The SMILES string of the molecule is c1ccc(-c2ccc(-c3nc(-c4cccc(-c5cccc6ccc7c8cccnc8ccc7c56)c4)nc(-c4ccc5ccccc5c4)n3)cc2)cc1. The third-order valence-corrected chi connectivity index (χ3v) is 9.95. The van der Waals surface area contributed by atoms with E-state index in [4.69, 9.17) is 15.0 Å². The molecule has 2 aromatic heterocycles. The molecule has 0 unspecified atom stereocenters. The second-order valence-electron chi connectivity index (χ2n) is 13.1. The van der Waals surface area contributed by atoms with Crippen LogP contribution >= 0.6 is 0 Å². The summed E-state index contributed by atoms with van der Waals surface area (Å²) in [5.41, 5.74) is 8.38. The first-order valence-electron chi connectivity index (χ1n) is 17.5. The summed E-state index contributed by atoms with van der Waals surface area (Å²) in [6.07, 6.45) is 1.85. The molecule has 0 radical (unpaired) electrons. The van der Waals surface area contributed by atoms with Crippen molar-refractivity contribution in [3.63, 3.8) is 0 Å². The Hall–Kier alpha value is -7.04. The summed E-state index contributed by atoms with van der Waals surface area (Å²) in [5, 5.41) is 8.29. The van der Waals surface area contributed by atoms with Gasteiger partial charge >= 0.3 is 0 Å². The number of rotatable bonds is 5. The average molecular weight is 663 g/mol. The normalized spacial score (nSPS) is 11.5. The number of benzene rings is 8. The maximum absolute atomic E-state index is 5.12. The molecule has 2 heterocycles. The molecule has 4 nitrogen and oxygen atoms in total.